The van der Waals surface area contributed by atoms with Gasteiger partial charge in [-0.05, 0) is 29.8 Å². The van der Waals surface area contributed by atoms with E-state index in [1.165, 1.54) is 0 Å². The van der Waals surface area contributed by atoms with Crippen LogP contribution in [0.5, 0.6) is 0 Å². The van der Waals surface area contributed by atoms with Crippen LogP contribution >= 0.6 is 0 Å². The van der Waals surface area contributed by atoms with Crippen LogP contribution in [-0.4, -0.2) is 32.5 Å². The zero-order valence-corrected chi connectivity index (χ0v) is 13.4. The number of guanidine groups is 1. The highest BCUT2D eigenvalue weighted by atomic mass is 16.3. The lowest BCUT2D eigenvalue weighted by molar-refractivity contribution is 0.0963. The molecule has 6 nitrogen and oxygen atoms in total. The number of hydrogen-bond acceptors (Lipinski definition) is 3. The summed E-state index contributed by atoms with van der Waals surface area (Å²) in [6, 6.07) is 11.3. The number of benzene rings is 1. The van der Waals surface area contributed by atoms with Crippen LogP contribution in [0.3, 0.4) is 0 Å². The van der Waals surface area contributed by atoms with E-state index in [1.54, 1.807) is 20.4 Å². The lowest BCUT2D eigenvalue weighted by Crippen LogP contribution is -2.37. The zero-order chi connectivity index (χ0) is 16.5. The maximum Gasteiger partial charge on any atom is 0.251 e. The highest BCUT2D eigenvalue weighted by molar-refractivity contribution is 5.93. The summed E-state index contributed by atoms with van der Waals surface area (Å²) in [6.45, 7) is 1.37. The summed E-state index contributed by atoms with van der Waals surface area (Å²) >= 11 is 0. The molecule has 1 aromatic carbocycles. The third-order valence-corrected chi connectivity index (χ3v) is 3.37. The van der Waals surface area contributed by atoms with Crippen molar-refractivity contribution in [3.8, 4) is 0 Å². The number of amides is 1. The predicted molar refractivity (Wildman–Crippen MR) is 90.4 cm³/mol. The smallest absolute Gasteiger partial charge is 0.251 e. The van der Waals surface area contributed by atoms with E-state index < -0.39 is 0 Å². The minimum absolute atomic E-state index is 0.0834. The van der Waals surface area contributed by atoms with Crippen molar-refractivity contribution in [2.24, 2.45) is 4.99 Å². The second-order valence-corrected chi connectivity index (χ2v) is 4.96. The standard InChI is InChI=1S/C17H22N4O2/c1-18-16(22)14-7-5-13(6-8-14)12-21-17(19-2)20-10-9-15-4-3-11-23-15/h3-8,11H,9-10,12H2,1-2H3,(H,18,22)(H2,19,20,21). The molecule has 2 rings (SSSR count). The molecular formula is C17H22N4O2. The van der Waals surface area contributed by atoms with E-state index in [4.69, 9.17) is 4.42 Å². The first-order valence-corrected chi connectivity index (χ1v) is 7.51. The van der Waals surface area contributed by atoms with Crippen molar-refractivity contribution >= 4 is 11.9 Å². The molecule has 0 saturated carbocycles. The highest BCUT2D eigenvalue weighted by Crippen LogP contribution is 2.04. The van der Waals surface area contributed by atoms with Gasteiger partial charge in [-0.2, -0.15) is 0 Å². The molecule has 0 saturated heterocycles. The van der Waals surface area contributed by atoms with E-state index in [0.29, 0.717) is 12.1 Å². The molecule has 0 aliphatic heterocycles. The van der Waals surface area contributed by atoms with Crippen molar-refractivity contribution in [2.45, 2.75) is 13.0 Å². The maximum atomic E-state index is 11.5. The fraction of sp³-hybridized carbons (Fsp3) is 0.294. The molecule has 2 aromatic rings. The second-order valence-electron chi connectivity index (χ2n) is 4.96. The van der Waals surface area contributed by atoms with Crippen molar-refractivity contribution in [1.82, 2.24) is 16.0 Å². The minimum Gasteiger partial charge on any atom is -0.469 e. The fourth-order valence-electron chi connectivity index (χ4n) is 2.08. The first-order chi connectivity index (χ1) is 11.2. The largest absolute Gasteiger partial charge is 0.469 e. The van der Waals surface area contributed by atoms with Crippen LogP contribution in [0.4, 0.5) is 0 Å². The van der Waals surface area contributed by atoms with E-state index in [0.717, 1.165) is 30.2 Å². The van der Waals surface area contributed by atoms with E-state index in [2.05, 4.69) is 20.9 Å². The van der Waals surface area contributed by atoms with Crippen molar-refractivity contribution in [3.05, 3.63) is 59.5 Å². The summed E-state index contributed by atoms with van der Waals surface area (Å²) in [5.41, 5.74) is 1.73. The van der Waals surface area contributed by atoms with Crippen LogP contribution in [0.15, 0.2) is 52.1 Å². The van der Waals surface area contributed by atoms with Crippen molar-refractivity contribution < 1.29 is 9.21 Å². The normalized spacial score (nSPS) is 11.1. The molecule has 0 atom stereocenters. The van der Waals surface area contributed by atoms with Gasteiger partial charge in [0, 0.05) is 39.2 Å². The Morgan fingerprint density at radius 3 is 2.57 bits per heavy atom. The molecule has 0 aliphatic rings. The Bertz CT molecular complexity index is 633. The summed E-state index contributed by atoms with van der Waals surface area (Å²) in [6.07, 6.45) is 2.47. The number of nitrogens with one attached hydrogen (secondary N) is 3. The lowest BCUT2D eigenvalue weighted by Gasteiger charge is -2.11. The molecule has 6 heteroatoms. The van der Waals surface area contributed by atoms with Gasteiger partial charge < -0.3 is 20.4 Å². The highest BCUT2D eigenvalue weighted by Gasteiger charge is 2.03. The number of furan rings is 1. The number of carbonyl (C=O) groups excluding carboxylic acids is 1. The molecule has 23 heavy (non-hydrogen) atoms. The van der Waals surface area contributed by atoms with Crippen molar-refractivity contribution in [1.29, 1.82) is 0 Å². The van der Waals surface area contributed by atoms with Crippen LogP contribution in [0.25, 0.3) is 0 Å². The number of aliphatic imine (C=N–C) groups is 1. The van der Waals surface area contributed by atoms with Gasteiger partial charge in [-0.25, -0.2) is 0 Å². The SMILES string of the molecule is CN=C(NCCc1ccco1)NCc1ccc(C(=O)NC)cc1. The molecule has 0 fully saturated rings. The minimum atomic E-state index is -0.0834. The molecule has 122 valence electrons. The van der Waals surface area contributed by atoms with Crippen LogP contribution in [-0.2, 0) is 13.0 Å². The molecule has 0 bridgehead atoms. The molecule has 0 unspecified atom stereocenters. The van der Waals surface area contributed by atoms with Gasteiger partial charge in [0.25, 0.3) is 5.91 Å². The third kappa shape index (κ3) is 5.18. The van der Waals surface area contributed by atoms with Gasteiger partial charge >= 0.3 is 0 Å². The Morgan fingerprint density at radius 2 is 1.96 bits per heavy atom. The number of hydrogen-bond donors (Lipinski definition) is 3. The van der Waals surface area contributed by atoms with Crippen LogP contribution < -0.4 is 16.0 Å². The third-order valence-electron chi connectivity index (χ3n) is 3.37. The Labute approximate surface area is 136 Å². The monoisotopic (exact) mass is 314 g/mol. The second kappa shape index (κ2) is 8.63. The van der Waals surface area contributed by atoms with Gasteiger partial charge in [0.2, 0.25) is 0 Å². The number of rotatable bonds is 6. The fourth-order valence-corrected chi connectivity index (χ4v) is 2.08. The van der Waals surface area contributed by atoms with Crippen LogP contribution in [0.1, 0.15) is 21.7 Å². The first kappa shape index (κ1) is 16.6. The summed E-state index contributed by atoms with van der Waals surface area (Å²) in [5, 5.41) is 9.07. The quantitative estimate of drug-likeness (QED) is 0.558. The summed E-state index contributed by atoms with van der Waals surface area (Å²) in [5.74, 6) is 1.59. The van der Waals surface area contributed by atoms with Gasteiger partial charge in [0.05, 0.1) is 6.26 Å². The first-order valence-electron chi connectivity index (χ1n) is 7.51. The summed E-state index contributed by atoms with van der Waals surface area (Å²) in [7, 11) is 3.35. The van der Waals surface area contributed by atoms with Gasteiger partial charge in [-0.1, -0.05) is 12.1 Å². The molecule has 0 spiro atoms. The van der Waals surface area contributed by atoms with Gasteiger partial charge in [-0.3, -0.25) is 9.79 Å². The van der Waals surface area contributed by atoms with Crippen molar-refractivity contribution in [3.63, 3.8) is 0 Å². The van der Waals surface area contributed by atoms with E-state index in [1.807, 2.05) is 36.4 Å². The summed E-state index contributed by atoms with van der Waals surface area (Å²) < 4.78 is 5.29. The lowest BCUT2D eigenvalue weighted by atomic mass is 10.1. The molecule has 1 aromatic heterocycles. The number of nitrogens with zero attached hydrogens (tertiary/aromatic N) is 1. The van der Waals surface area contributed by atoms with E-state index in [9.17, 15) is 4.79 Å². The van der Waals surface area contributed by atoms with Crippen LogP contribution in [0.2, 0.25) is 0 Å². The molecule has 0 aliphatic carbocycles. The maximum absolute atomic E-state index is 11.5. The average Bonchev–Trinajstić information content (AvgIpc) is 3.11. The topological polar surface area (TPSA) is 78.7 Å². The molecular weight excluding hydrogens is 292 g/mol. The Kier molecular flexibility index (Phi) is 6.23. The Balaban J connectivity index is 1.77. The Morgan fingerprint density at radius 1 is 1.17 bits per heavy atom. The van der Waals surface area contributed by atoms with Gasteiger partial charge in [0.1, 0.15) is 5.76 Å². The van der Waals surface area contributed by atoms with Crippen molar-refractivity contribution in [2.75, 3.05) is 20.6 Å². The van der Waals surface area contributed by atoms with E-state index in [-0.39, 0.29) is 5.91 Å². The van der Waals surface area contributed by atoms with Crippen LogP contribution in [0, 0.1) is 0 Å². The average molecular weight is 314 g/mol. The van der Waals surface area contributed by atoms with Gasteiger partial charge in [0.15, 0.2) is 5.96 Å². The molecule has 1 amide bonds. The predicted octanol–water partition coefficient (Wildman–Crippen LogP) is 1.55. The molecule has 3 N–H and O–H groups in total. The summed E-state index contributed by atoms with van der Waals surface area (Å²) in [4.78, 5) is 15.7. The Hall–Kier alpha value is -2.76. The van der Waals surface area contributed by atoms with Gasteiger partial charge in [-0.15, -0.1) is 0 Å². The van der Waals surface area contributed by atoms with E-state index >= 15 is 0 Å². The number of carbonyl (C=O) groups is 1. The zero-order valence-electron chi connectivity index (χ0n) is 13.4. The molecule has 0 radical (unpaired) electrons. The molecule has 1 heterocycles.